The molecule has 1 heterocycles. The van der Waals surface area contributed by atoms with Gasteiger partial charge in [0.15, 0.2) is 0 Å². The second-order valence-corrected chi connectivity index (χ2v) is 4.48. The van der Waals surface area contributed by atoms with E-state index in [0.29, 0.717) is 13.0 Å². The fourth-order valence-corrected chi connectivity index (χ4v) is 2.38. The van der Waals surface area contributed by atoms with Crippen molar-refractivity contribution in [1.29, 1.82) is 0 Å². The SMILES string of the molecule is O=C1CC2CCC(OCc3ccccc3)=C2O1. The molecule has 0 saturated carbocycles. The molecule has 3 heteroatoms. The third-order valence-corrected chi connectivity index (χ3v) is 3.26. The highest BCUT2D eigenvalue weighted by Crippen LogP contribution is 2.40. The van der Waals surface area contributed by atoms with Crippen molar-refractivity contribution in [2.75, 3.05) is 0 Å². The maximum Gasteiger partial charge on any atom is 0.311 e. The van der Waals surface area contributed by atoms with E-state index in [1.807, 2.05) is 30.3 Å². The minimum atomic E-state index is -0.120. The third kappa shape index (κ3) is 2.05. The van der Waals surface area contributed by atoms with Crippen molar-refractivity contribution in [3.8, 4) is 0 Å². The predicted molar refractivity (Wildman–Crippen MR) is 61.7 cm³/mol. The number of rotatable bonds is 3. The standard InChI is InChI=1S/C14H14O3/c15-13-8-11-6-7-12(14(11)17-13)16-9-10-4-2-1-3-5-10/h1-5,11H,6-9H2. The molecule has 0 spiro atoms. The largest absolute Gasteiger partial charge is 0.490 e. The molecular weight excluding hydrogens is 216 g/mol. The summed E-state index contributed by atoms with van der Waals surface area (Å²) in [6, 6.07) is 10.0. The summed E-state index contributed by atoms with van der Waals surface area (Å²) < 4.78 is 11.0. The van der Waals surface area contributed by atoms with Crippen molar-refractivity contribution in [2.45, 2.75) is 25.9 Å². The van der Waals surface area contributed by atoms with E-state index < -0.39 is 0 Å². The second-order valence-electron chi connectivity index (χ2n) is 4.48. The number of carbonyl (C=O) groups excluding carboxylic acids is 1. The Labute approximate surface area is 100 Å². The highest BCUT2D eigenvalue weighted by molar-refractivity contribution is 5.74. The van der Waals surface area contributed by atoms with E-state index in [4.69, 9.17) is 9.47 Å². The summed E-state index contributed by atoms with van der Waals surface area (Å²) in [6.45, 7) is 0.546. The van der Waals surface area contributed by atoms with Crippen LogP contribution in [0, 0.1) is 5.92 Å². The number of carbonyl (C=O) groups is 1. The zero-order valence-corrected chi connectivity index (χ0v) is 9.52. The molecule has 2 aliphatic rings. The molecule has 0 N–H and O–H groups in total. The van der Waals surface area contributed by atoms with Crippen molar-refractivity contribution in [3.63, 3.8) is 0 Å². The first-order valence-corrected chi connectivity index (χ1v) is 5.93. The monoisotopic (exact) mass is 230 g/mol. The second kappa shape index (κ2) is 4.24. The molecule has 1 unspecified atom stereocenters. The summed E-state index contributed by atoms with van der Waals surface area (Å²) in [7, 11) is 0. The van der Waals surface area contributed by atoms with Crippen LogP contribution in [0.5, 0.6) is 0 Å². The van der Waals surface area contributed by atoms with Crippen molar-refractivity contribution >= 4 is 5.97 Å². The Kier molecular flexibility index (Phi) is 2.59. The van der Waals surface area contributed by atoms with Crippen LogP contribution in [0.1, 0.15) is 24.8 Å². The van der Waals surface area contributed by atoms with Gasteiger partial charge in [-0.2, -0.15) is 0 Å². The average molecular weight is 230 g/mol. The Balaban J connectivity index is 1.68. The molecule has 0 amide bonds. The van der Waals surface area contributed by atoms with Crippen molar-refractivity contribution in [2.24, 2.45) is 5.92 Å². The lowest BCUT2D eigenvalue weighted by Gasteiger charge is -2.08. The van der Waals surface area contributed by atoms with Gasteiger partial charge in [0.1, 0.15) is 18.1 Å². The number of esters is 1. The number of hydrogen-bond acceptors (Lipinski definition) is 3. The molecule has 0 aromatic heterocycles. The molecule has 1 aromatic rings. The Morgan fingerprint density at radius 3 is 2.94 bits per heavy atom. The molecule has 3 nitrogen and oxygen atoms in total. The first kappa shape index (κ1) is 10.4. The van der Waals surface area contributed by atoms with E-state index in [-0.39, 0.29) is 11.9 Å². The molecule has 1 atom stereocenters. The summed E-state index contributed by atoms with van der Waals surface area (Å²) in [5.74, 6) is 1.80. The first-order chi connectivity index (χ1) is 8.33. The maximum atomic E-state index is 11.2. The maximum absolute atomic E-state index is 11.2. The van der Waals surface area contributed by atoms with Gasteiger partial charge in [0.2, 0.25) is 0 Å². The van der Waals surface area contributed by atoms with Gasteiger partial charge in [0.25, 0.3) is 0 Å². The fourth-order valence-electron chi connectivity index (χ4n) is 2.38. The Hall–Kier alpha value is -1.77. The molecule has 1 aromatic carbocycles. The van der Waals surface area contributed by atoms with Crippen molar-refractivity contribution in [3.05, 3.63) is 47.4 Å². The van der Waals surface area contributed by atoms with Gasteiger partial charge >= 0.3 is 5.97 Å². The minimum absolute atomic E-state index is 0.120. The van der Waals surface area contributed by atoms with E-state index in [1.54, 1.807) is 0 Å². The van der Waals surface area contributed by atoms with Gasteiger partial charge < -0.3 is 9.47 Å². The van der Waals surface area contributed by atoms with Gasteiger partial charge in [-0.25, -0.2) is 0 Å². The number of hydrogen-bond donors (Lipinski definition) is 0. The number of allylic oxidation sites excluding steroid dienone is 2. The smallest absolute Gasteiger partial charge is 0.311 e. The summed E-state index contributed by atoms with van der Waals surface area (Å²) in [4.78, 5) is 11.2. The van der Waals surface area contributed by atoms with Gasteiger partial charge in [-0.15, -0.1) is 0 Å². The molecule has 0 bridgehead atoms. The van der Waals surface area contributed by atoms with Gasteiger partial charge in [-0.05, 0) is 12.0 Å². The predicted octanol–water partition coefficient (Wildman–Crippen LogP) is 2.77. The Morgan fingerprint density at radius 2 is 2.12 bits per heavy atom. The van der Waals surface area contributed by atoms with Crippen LogP contribution in [0.3, 0.4) is 0 Å². The van der Waals surface area contributed by atoms with Gasteiger partial charge in [0.05, 0.1) is 6.42 Å². The number of fused-ring (bicyclic) bond motifs is 1. The van der Waals surface area contributed by atoms with Crippen LogP contribution in [-0.2, 0) is 20.9 Å². The summed E-state index contributed by atoms with van der Waals surface area (Å²) in [6.07, 6.45) is 2.39. The number of ether oxygens (including phenoxy) is 2. The fraction of sp³-hybridized carbons (Fsp3) is 0.357. The third-order valence-electron chi connectivity index (χ3n) is 3.26. The summed E-state index contributed by atoms with van der Waals surface area (Å²) >= 11 is 0. The molecule has 3 rings (SSSR count). The molecule has 1 saturated heterocycles. The zero-order valence-electron chi connectivity index (χ0n) is 9.52. The van der Waals surface area contributed by atoms with Crippen LogP contribution < -0.4 is 0 Å². The van der Waals surface area contributed by atoms with Crippen molar-refractivity contribution in [1.82, 2.24) is 0 Å². The van der Waals surface area contributed by atoms with Crippen molar-refractivity contribution < 1.29 is 14.3 Å². The summed E-state index contributed by atoms with van der Waals surface area (Å²) in [5.41, 5.74) is 1.13. The van der Waals surface area contributed by atoms with E-state index in [0.717, 1.165) is 29.9 Å². The Bertz CT molecular complexity index is 462. The molecule has 88 valence electrons. The molecule has 17 heavy (non-hydrogen) atoms. The lowest BCUT2D eigenvalue weighted by atomic mass is 10.1. The number of benzene rings is 1. The van der Waals surface area contributed by atoms with Crippen LogP contribution >= 0.6 is 0 Å². The summed E-state index contributed by atoms with van der Waals surface area (Å²) in [5, 5.41) is 0. The van der Waals surface area contributed by atoms with Gasteiger partial charge in [-0.3, -0.25) is 4.79 Å². The Morgan fingerprint density at radius 1 is 1.29 bits per heavy atom. The van der Waals surface area contributed by atoms with E-state index in [2.05, 4.69) is 0 Å². The highest BCUT2D eigenvalue weighted by Gasteiger charge is 2.37. The van der Waals surface area contributed by atoms with E-state index >= 15 is 0 Å². The van der Waals surface area contributed by atoms with Gasteiger partial charge in [0, 0.05) is 12.3 Å². The van der Waals surface area contributed by atoms with E-state index in [1.165, 1.54) is 0 Å². The lowest BCUT2D eigenvalue weighted by molar-refractivity contribution is -0.135. The molecule has 1 fully saturated rings. The highest BCUT2D eigenvalue weighted by atomic mass is 16.6. The molecule has 1 aliphatic heterocycles. The lowest BCUT2D eigenvalue weighted by Crippen LogP contribution is -1.97. The van der Waals surface area contributed by atoms with Crippen LogP contribution in [0.25, 0.3) is 0 Å². The minimum Gasteiger partial charge on any atom is -0.490 e. The van der Waals surface area contributed by atoms with E-state index in [9.17, 15) is 4.79 Å². The van der Waals surface area contributed by atoms with Crippen LogP contribution in [0.2, 0.25) is 0 Å². The molecule has 1 aliphatic carbocycles. The zero-order chi connectivity index (χ0) is 11.7. The topological polar surface area (TPSA) is 35.5 Å². The average Bonchev–Trinajstić information content (AvgIpc) is 2.87. The first-order valence-electron chi connectivity index (χ1n) is 5.93. The van der Waals surface area contributed by atoms with Crippen LogP contribution in [0.4, 0.5) is 0 Å². The normalized spacial score (nSPS) is 22.6. The quantitative estimate of drug-likeness (QED) is 0.749. The van der Waals surface area contributed by atoms with Crippen LogP contribution in [-0.4, -0.2) is 5.97 Å². The van der Waals surface area contributed by atoms with Crippen LogP contribution in [0.15, 0.2) is 41.9 Å². The molecular formula is C14H14O3. The molecule has 0 radical (unpaired) electrons. The van der Waals surface area contributed by atoms with Gasteiger partial charge in [-0.1, -0.05) is 30.3 Å².